The molecule has 0 aromatic heterocycles. The highest BCUT2D eigenvalue weighted by atomic mass is 19.1. The van der Waals surface area contributed by atoms with Crippen LogP contribution in [0.5, 0.6) is 5.75 Å². The molecule has 186 valence electrons. The molecule has 0 bridgehead atoms. The average Bonchev–Trinajstić information content (AvgIpc) is 3.26. The van der Waals surface area contributed by atoms with Crippen molar-refractivity contribution in [3.8, 4) is 5.75 Å². The minimum atomic E-state index is -0.610. The summed E-state index contributed by atoms with van der Waals surface area (Å²) < 4.78 is 30.7. The molecule has 9 nitrogen and oxygen atoms in total. The molecule has 2 unspecified atom stereocenters. The molecular weight excluding hydrogens is 457 g/mol. The van der Waals surface area contributed by atoms with Gasteiger partial charge in [0, 0.05) is 37.1 Å². The zero-order chi connectivity index (χ0) is 24.8. The number of benzene rings is 2. The Labute approximate surface area is 202 Å². The quantitative estimate of drug-likeness (QED) is 0.526. The van der Waals surface area contributed by atoms with Crippen molar-refractivity contribution < 1.29 is 33.0 Å². The molecule has 0 radical (unpaired) electrons. The van der Waals surface area contributed by atoms with E-state index in [4.69, 9.17) is 14.2 Å². The summed E-state index contributed by atoms with van der Waals surface area (Å²) in [4.78, 5) is 38.1. The van der Waals surface area contributed by atoms with E-state index in [1.807, 2.05) is 0 Å². The number of nitrogens with one attached hydrogen (secondary N) is 2. The maximum absolute atomic E-state index is 14.7. The first kappa shape index (κ1) is 24.6. The van der Waals surface area contributed by atoms with Gasteiger partial charge >= 0.3 is 6.09 Å². The highest BCUT2D eigenvalue weighted by Crippen LogP contribution is 2.28. The van der Waals surface area contributed by atoms with Gasteiger partial charge in [-0.3, -0.25) is 14.5 Å². The van der Waals surface area contributed by atoms with Gasteiger partial charge in [-0.25, -0.2) is 9.18 Å². The van der Waals surface area contributed by atoms with Gasteiger partial charge < -0.3 is 24.8 Å². The Morgan fingerprint density at radius 2 is 2.00 bits per heavy atom. The molecule has 2 fully saturated rings. The van der Waals surface area contributed by atoms with Crippen LogP contribution in [-0.4, -0.2) is 63.8 Å². The van der Waals surface area contributed by atoms with Gasteiger partial charge in [0.1, 0.15) is 17.7 Å². The third kappa shape index (κ3) is 6.14. The molecule has 4 rings (SSSR count). The number of rotatable bonds is 9. The van der Waals surface area contributed by atoms with Crippen molar-refractivity contribution in [3.05, 3.63) is 59.4 Å². The van der Waals surface area contributed by atoms with Crippen molar-refractivity contribution in [2.75, 3.05) is 44.8 Å². The molecule has 2 aliphatic rings. The molecule has 2 aliphatic heterocycles. The third-order valence-electron chi connectivity index (χ3n) is 5.96. The lowest BCUT2D eigenvalue weighted by Crippen LogP contribution is -2.35. The summed E-state index contributed by atoms with van der Waals surface area (Å²) in [7, 11) is 1.54. The van der Waals surface area contributed by atoms with E-state index in [9.17, 15) is 18.8 Å². The Morgan fingerprint density at radius 3 is 2.69 bits per heavy atom. The number of amides is 2. The van der Waals surface area contributed by atoms with Crippen LogP contribution in [0, 0.1) is 5.82 Å². The molecule has 0 saturated carbocycles. The molecule has 35 heavy (non-hydrogen) atoms. The fourth-order valence-corrected chi connectivity index (χ4v) is 4.01. The van der Waals surface area contributed by atoms with E-state index in [-0.39, 0.29) is 43.7 Å². The van der Waals surface area contributed by atoms with Gasteiger partial charge in [-0.05, 0) is 36.4 Å². The van der Waals surface area contributed by atoms with Crippen LogP contribution in [0.15, 0.2) is 42.5 Å². The summed E-state index contributed by atoms with van der Waals surface area (Å²) in [5.41, 5.74) is 1.31. The van der Waals surface area contributed by atoms with Gasteiger partial charge in [0.2, 0.25) is 5.91 Å². The Balaban J connectivity index is 1.24. The normalized spacial score (nSPS) is 19.8. The van der Waals surface area contributed by atoms with Gasteiger partial charge in [0.15, 0.2) is 5.78 Å². The number of carbonyl (C=O) groups excluding carboxylic acids is 3. The lowest BCUT2D eigenvalue weighted by molar-refractivity contribution is -0.121. The number of Topliss-reactive ketones (excluding diaryl/α,β-unsaturated/α-hetero) is 1. The lowest BCUT2D eigenvalue weighted by atomic mass is 10.1. The van der Waals surface area contributed by atoms with E-state index < -0.39 is 18.0 Å². The molecule has 2 heterocycles. The second kappa shape index (κ2) is 11.3. The number of nitrogens with zero attached hydrogens (tertiary/aromatic N) is 1. The van der Waals surface area contributed by atoms with E-state index in [1.54, 1.807) is 43.5 Å². The molecule has 0 spiro atoms. The van der Waals surface area contributed by atoms with Gasteiger partial charge in [-0.1, -0.05) is 6.07 Å². The fraction of sp³-hybridized carbons (Fsp3) is 0.400. The minimum Gasteiger partial charge on any atom is -0.497 e. The number of ketones is 1. The molecule has 10 heteroatoms. The average molecular weight is 486 g/mol. The Hall–Kier alpha value is -3.50. The predicted octanol–water partition coefficient (Wildman–Crippen LogP) is 2.60. The van der Waals surface area contributed by atoms with Crippen LogP contribution in [0.3, 0.4) is 0 Å². The van der Waals surface area contributed by atoms with Crippen molar-refractivity contribution in [1.82, 2.24) is 10.6 Å². The summed E-state index contributed by atoms with van der Waals surface area (Å²) in [6, 6.07) is 11.2. The van der Waals surface area contributed by atoms with Crippen molar-refractivity contribution in [1.29, 1.82) is 0 Å². The summed E-state index contributed by atoms with van der Waals surface area (Å²) in [5, 5.41) is 5.85. The van der Waals surface area contributed by atoms with Crippen molar-refractivity contribution >= 4 is 23.5 Å². The molecule has 2 atom stereocenters. The van der Waals surface area contributed by atoms with Gasteiger partial charge in [0.05, 0.1) is 38.6 Å². The zero-order valence-corrected chi connectivity index (χ0v) is 19.4. The van der Waals surface area contributed by atoms with Gasteiger partial charge in [-0.15, -0.1) is 0 Å². The van der Waals surface area contributed by atoms with E-state index in [0.717, 1.165) is 6.54 Å². The number of carbonyl (C=O) groups is 3. The SMILES string of the molecule is COc1ccc(C(=O)CCC(=O)NCC2CN(c3ccc(C4CNCCO4)c(F)c3)C(=O)O2)cc1. The fourth-order valence-electron chi connectivity index (χ4n) is 4.01. The lowest BCUT2D eigenvalue weighted by Gasteiger charge is -2.25. The van der Waals surface area contributed by atoms with Gasteiger partial charge in [0.25, 0.3) is 0 Å². The smallest absolute Gasteiger partial charge is 0.414 e. The Morgan fingerprint density at radius 1 is 1.20 bits per heavy atom. The molecule has 2 aromatic rings. The maximum atomic E-state index is 14.7. The summed E-state index contributed by atoms with van der Waals surface area (Å²) in [5.74, 6) is -0.282. The summed E-state index contributed by atoms with van der Waals surface area (Å²) >= 11 is 0. The van der Waals surface area contributed by atoms with Crippen molar-refractivity contribution in [2.45, 2.75) is 25.0 Å². The van der Waals surface area contributed by atoms with Crippen LogP contribution in [0.4, 0.5) is 14.9 Å². The predicted molar refractivity (Wildman–Crippen MR) is 125 cm³/mol. The maximum Gasteiger partial charge on any atom is 0.414 e. The first-order valence-electron chi connectivity index (χ1n) is 11.5. The molecule has 2 aromatic carbocycles. The largest absolute Gasteiger partial charge is 0.497 e. The van der Waals surface area contributed by atoms with Crippen LogP contribution in [0.2, 0.25) is 0 Å². The molecule has 2 amide bonds. The minimum absolute atomic E-state index is 0.0139. The van der Waals surface area contributed by atoms with E-state index in [0.29, 0.717) is 35.7 Å². The Kier molecular flexibility index (Phi) is 7.94. The summed E-state index contributed by atoms with van der Waals surface area (Å²) in [6.07, 6.45) is -1.50. The van der Waals surface area contributed by atoms with Crippen molar-refractivity contribution in [3.63, 3.8) is 0 Å². The Bertz CT molecular complexity index is 1070. The molecule has 2 N–H and O–H groups in total. The highest BCUT2D eigenvalue weighted by Gasteiger charge is 2.33. The number of ether oxygens (including phenoxy) is 3. The highest BCUT2D eigenvalue weighted by molar-refractivity contribution is 5.98. The molecule has 0 aliphatic carbocycles. The third-order valence-corrected chi connectivity index (χ3v) is 5.96. The topological polar surface area (TPSA) is 106 Å². The monoisotopic (exact) mass is 485 g/mol. The van der Waals surface area contributed by atoms with Crippen LogP contribution in [-0.2, 0) is 14.3 Å². The second-order valence-electron chi connectivity index (χ2n) is 8.34. The molecule has 2 saturated heterocycles. The number of cyclic esters (lactones) is 1. The van der Waals surface area contributed by atoms with E-state index in [1.165, 1.54) is 11.0 Å². The van der Waals surface area contributed by atoms with E-state index in [2.05, 4.69) is 10.6 Å². The molecular formula is C25H28FN3O6. The van der Waals surface area contributed by atoms with Crippen LogP contribution >= 0.6 is 0 Å². The number of hydrogen-bond donors (Lipinski definition) is 2. The number of hydrogen-bond acceptors (Lipinski definition) is 7. The number of methoxy groups -OCH3 is 1. The van der Waals surface area contributed by atoms with Crippen LogP contribution in [0.25, 0.3) is 0 Å². The number of anilines is 1. The first-order valence-corrected chi connectivity index (χ1v) is 11.5. The van der Waals surface area contributed by atoms with Crippen LogP contribution in [0.1, 0.15) is 34.9 Å². The second-order valence-corrected chi connectivity index (χ2v) is 8.34. The first-order chi connectivity index (χ1) is 16.9. The standard InChI is InChI=1S/C25H28FN3O6/c1-33-18-5-2-16(3-6-18)22(30)8-9-24(31)28-13-19-15-29(25(32)35-19)17-4-7-20(21(26)12-17)23-14-27-10-11-34-23/h2-7,12,19,23,27H,8-11,13-15H2,1H3,(H,28,31). The number of morpholine rings is 1. The van der Waals surface area contributed by atoms with Crippen molar-refractivity contribution in [2.24, 2.45) is 0 Å². The van der Waals surface area contributed by atoms with Crippen LogP contribution < -0.4 is 20.3 Å². The van der Waals surface area contributed by atoms with E-state index >= 15 is 0 Å². The van der Waals surface area contributed by atoms with Gasteiger partial charge in [-0.2, -0.15) is 0 Å². The zero-order valence-electron chi connectivity index (χ0n) is 19.4. The number of halogens is 1. The summed E-state index contributed by atoms with van der Waals surface area (Å²) in [6.45, 7) is 2.03.